The molecule has 6 heteroatoms. The monoisotopic (exact) mass is 337 g/mol. The largest absolute Gasteiger partial charge is 0.493 e. The minimum Gasteiger partial charge on any atom is -0.493 e. The minimum absolute atomic E-state index is 0.141. The maximum Gasteiger partial charge on any atom is 0.224 e. The molecule has 0 aliphatic carbocycles. The molecule has 6 nitrogen and oxygen atoms in total. The molecule has 0 N–H and O–H groups in total. The van der Waals surface area contributed by atoms with Crippen LogP contribution in [0, 0.1) is 0 Å². The van der Waals surface area contributed by atoms with E-state index in [2.05, 4.69) is 20.6 Å². The third kappa shape index (κ3) is 2.69. The van der Waals surface area contributed by atoms with Crippen LogP contribution in [0.3, 0.4) is 0 Å². The number of methoxy groups -OCH3 is 2. The van der Waals surface area contributed by atoms with Crippen LogP contribution in [0.2, 0.25) is 0 Å². The minimum atomic E-state index is 0.141. The predicted octanol–water partition coefficient (Wildman–Crippen LogP) is 3.14. The number of rotatable bonds is 4. The summed E-state index contributed by atoms with van der Waals surface area (Å²) in [7, 11) is 3.28. The summed E-state index contributed by atoms with van der Waals surface area (Å²) in [5.41, 5.74) is 2.00. The summed E-state index contributed by atoms with van der Waals surface area (Å²) >= 11 is 0. The molecule has 1 unspecified atom stereocenters. The van der Waals surface area contributed by atoms with Crippen LogP contribution >= 0.6 is 0 Å². The van der Waals surface area contributed by atoms with E-state index in [1.807, 2.05) is 30.5 Å². The zero-order chi connectivity index (χ0) is 17.2. The number of fused-ring (bicyclic) bond motifs is 1. The molecule has 0 amide bonds. The van der Waals surface area contributed by atoms with E-state index in [1.165, 1.54) is 0 Å². The first-order chi connectivity index (χ1) is 12.3. The molecule has 1 atom stereocenters. The van der Waals surface area contributed by atoms with E-state index in [-0.39, 0.29) is 6.04 Å². The molecule has 1 aliphatic rings. The van der Waals surface area contributed by atoms with Crippen LogP contribution in [-0.4, -0.2) is 35.4 Å². The SMILES string of the molecule is COc1cccc2c1OCC(n1ccnc1-c1cccnc1OC)C2. The second-order valence-electron chi connectivity index (χ2n) is 5.84. The summed E-state index contributed by atoms with van der Waals surface area (Å²) in [6.45, 7) is 0.555. The number of nitrogens with zero attached hydrogens (tertiary/aromatic N) is 3. The van der Waals surface area contributed by atoms with Crippen molar-refractivity contribution in [1.29, 1.82) is 0 Å². The van der Waals surface area contributed by atoms with E-state index in [0.29, 0.717) is 12.5 Å². The van der Waals surface area contributed by atoms with Crippen molar-refractivity contribution in [3.05, 3.63) is 54.5 Å². The van der Waals surface area contributed by atoms with Gasteiger partial charge in [0.15, 0.2) is 11.5 Å². The lowest BCUT2D eigenvalue weighted by Gasteiger charge is -2.28. The van der Waals surface area contributed by atoms with Gasteiger partial charge in [0.2, 0.25) is 5.88 Å². The highest BCUT2D eigenvalue weighted by molar-refractivity contribution is 5.62. The first kappa shape index (κ1) is 15.5. The molecule has 0 spiro atoms. The zero-order valence-electron chi connectivity index (χ0n) is 14.2. The Balaban J connectivity index is 1.70. The van der Waals surface area contributed by atoms with Gasteiger partial charge in [-0.15, -0.1) is 0 Å². The van der Waals surface area contributed by atoms with E-state index in [9.17, 15) is 0 Å². The molecule has 0 bridgehead atoms. The second kappa shape index (κ2) is 6.47. The fourth-order valence-electron chi connectivity index (χ4n) is 3.26. The van der Waals surface area contributed by atoms with Crippen molar-refractivity contribution < 1.29 is 14.2 Å². The molecule has 3 aromatic rings. The van der Waals surface area contributed by atoms with Crippen molar-refractivity contribution >= 4 is 0 Å². The Morgan fingerprint density at radius 1 is 1.08 bits per heavy atom. The third-order valence-electron chi connectivity index (χ3n) is 4.42. The van der Waals surface area contributed by atoms with Crippen LogP contribution in [0.4, 0.5) is 0 Å². The van der Waals surface area contributed by atoms with Crippen LogP contribution in [0.15, 0.2) is 48.9 Å². The smallest absolute Gasteiger partial charge is 0.224 e. The Morgan fingerprint density at radius 3 is 2.84 bits per heavy atom. The van der Waals surface area contributed by atoms with Gasteiger partial charge in [-0.1, -0.05) is 12.1 Å². The molecule has 25 heavy (non-hydrogen) atoms. The van der Waals surface area contributed by atoms with Crippen molar-refractivity contribution in [3.63, 3.8) is 0 Å². The van der Waals surface area contributed by atoms with Crippen molar-refractivity contribution in [2.75, 3.05) is 20.8 Å². The molecule has 4 rings (SSSR count). The first-order valence-electron chi connectivity index (χ1n) is 8.12. The number of hydrogen-bond acceptors (Lipinski definition) is 5. The molecular formula is C19H19N3O3. The van der Waals surface area contributed by atoms with Crippen molar-refractivity contribution in [1.82, 2.24) is 14.5 Å². The maximum atomic E-state index is 6.01. The van der Waals surface area contributed by atoms with Crippen molar-refractivity contribution in [2.24, 2.45) is 0 Å². The number of pyridine rings is 1. The summed E-state index contributed by atoms with van der Waals surface area (Å²) in [6, 6.07) is 9.97. The van der Waals surface area contributed by atoms with E-state index in [0.717, 1.165) is 34.9 Å². The molecule has 0 fully saturated rings. The highest BCUT2D eigenvalue weighted by Gasteiger charge is 2.26. The van der Waals surface area contributed by atoms with E-state index in [1.54, 1.807) is 26.6 Å². The number of para-hydroxylation sites is 1. The second-order valence-corrected chi connectivity index (χ2v) is 5.84. The number of hydrogen-bond donors (Lipinski definition) is 0. The maximum absolute atomic E-state index is 6.01. The molecule has 1 aliphatic heterocycles. The summed E-state index contributed by atoms with van der Waals surface area (Å²) in [4.78, 5) is 8.80. The average molecular weight is 337 g/mol. The van der Waals surface area contributed by atoms with Crippen LogP contribution in [0.25, 0.3) is 11.4 Å². The normalized spacial score (nSPS) is 16.0. The van der Waals surface area contributed by atoms with Gasteiger partial charge in [0.25, 0.3) is 0 Å². The summed E-state index contributed by atoms with van der Waals surface area (Å²) in [5, 5.41) is 0. The fraction of sp³-hybridized carbons (Fsp3) is 0.263. The number of ether oxygens (including phenoxy) is 3. The van der Waals surface area contributed by atoms with Crippen LogP contribution in [0.1, 0.15) is 11.6 Å². The number of imidazole rings is 1. The average Bonchev–Trinajstić information content (AvgIpc) is 3.16. The molecule has 0 saturated heterocycles. The Bertz CT molecular complexity index is 891. The standard InChI is InChI=1S/C19H19N3O3/c1-23-16-7-3-5-13-11-14(12-25-17(13)16)22-10-9-20-18(22)15-6-4-8-21-19(15)24-2/h3-10,14H,11-12H2,1-2H3. The van der Waals surface area contributed by atoms with Crippen LogP contribution in [-0.2, 0) is 6.42 Å². The molecule has 0 saturated carbocycles. The Morgan fingerprint density at radius 2 is 2.00 bits per heavy atom. The fourth-order valence-corrected chi connectivity index (χ4v) is 3.26. The molecule has 0 radical (unpaired) electrons. The van der Waals surface area contributed by atoms with Gasteiger partial charge in [0.1, 0.15) is 12.4 Å². The predicted molar refractivity (Wildman–Crippen MR) is 93.2 cm³/mol. The summed E-state index contributed by atoms with van der Waals surface area (Å²) in [5.74, 6) is 3.00. The van der Waals surface area contributed by atoms with Gasteiger partial charge in [-0.05, 0) is 18.2 Å². The van der Waals surface area contributed by atoms with E-state index < -0.39 is 0 Å². The Kier molecular flexibility index (Phi) is 4.01. The number of aromatic nitrogens is 3. The Labute approximate surface area is 146 Å². The summed E-state index contributed by atoms with van der Waals surface area (Å²) in [6.07, 6.45) is 6.32. The first-order valence-corrected chi connectivity index (χ1v) is 8.12. The molecule has 3 heterocycles. The number of benzene rings is 1. The van der Waals surface area contributed by atoms with Gasteiger partial charge in [0, 0.05) is 30.6 Å². The zero-order valence-corrected chi connectivity index (χ0v) is 14.2. The van der Waals surface area contributed by atoms with Gasteiger partial charge in [-0.3, -0.25) is 0 Å². The lowest BCUT2D eigenvalue weighted by Crippen LogP contribution is -2.25. The molecule has 128 valence electrons. The van der Waals surface area contributed by atoms with Gasteiger partial charge in [0.05, 0.1) is 25.8 Å². The topological polar surface area (TPSA) is 58.4 Å². The van der Waals surface area contributed by atoms with E-state index in [4.69, 9.17) is 14.2 Å². The quantitative estimate of drug-likeness (QED) is 0.732. The summed E-state index contributed by atoms with van der Waals surface area (Å²) < 4.78 is 18.9. The highest BCUT2D eigenvalue weighted by atomic mass is 16.5. The Hall–Kier alpha value is -3.02. The van der Waals surface area contributed by atoms with Crippen LogP contribution < -0.4 is 14.2 Å². The highest BCUT2D eigenvalue weighted by Crippen LogP contribution is 2.38. The third-order valence-corrected chi connectivity index (χ3v) is 4.42. The molecule has 1 aromatic carbocycles. The van der Waals surface area contributed by atoms with Crippen molar-refractivity contribution in [2.45, 2.75) is 12.5 Å². The molecular weight excluding hydrogens is 318 g/mol. The lowest BCUT2D eigenvalue weighted by molar-refractivity contribution is 0.214. The lowest BCUT2D eigenvalue weighted by atomic mass is 10.0. The van der Waals surface area contributed by atoms with Gasteiger partial charge < -0.3 is 18.8 Å². The van der Waals surface area contributed by atoms with Crippen LogP contribution in [0.5, 0.6) is 17.4 Å². The van der Waals surface area contributed by atoms with Gasteiger partial charge in [-0.2, -0.15) is 0 Å². The van der Waals surface area contributed by atoms with E-state index >= 15 is 0 Å². The van der Waals surface area contributed by atoms with Gasteiger partial charge in [-0.25, -0.2) is 9.97 Å². The van der Waals surface area contributed by atoms with Crippen molar-refractivity contribution in [3.8, 4) is 28.8 Å². The molecule has 2 aromatic heterocycles. The van der Waals surface area contributed by atoms with Gasteiger partial charge >= 0.3 is 0 Å².